The molecule has 4 rings (SSSR count). The minimum Gasteiger partial charge on any atom is -0.497 e. The molecule has 1 N–H and O–H groups in total. The van der Waals surface area contributed by atoms with E-state index in [9.17, 15) is 13.2 Å². The van der Waals surface area contributed by atoms with E-state index >= 15 is 0 Å². The summed E-state index contributed by atoms with van der Waals surface area (Å²) in [6.07, 6.45) is -4.38. The van der Waals surface area contributed by atoms with Gasteiger partial charge in [0.05, 0.1) is 31.2 Å². The number of alkyl halides is 3. The van der Waals surface area contributed by atoms with E-state index in [-0.39, 0.29) is 0 Å². The molecule has 3 aromatic carbocycles. The number of aromatic amines is 1. The van der Waals surface area contributed by atoms with Crippen molar-refractivity contribution in [3.05, 3.63) is 78.4 Å². The van der Waals surface area contributed by atoms with E-state index in [2.05, 4.69) is 4.98 Å². The van der Waals surface area contributed by atoms with Crippen molar-refractivity contribution >= 4 is 0 Å². The first-order valence-electron chi connectivity index (χ1n) is 9.45. The van der Waals surface area contributed by atoms with Gasteiger partial charge in [0.25, 0.3) is 0 Å². The van der Waals surface area contributed by atoms with Crippen molar-refractivity contribution in [3.8, 4) is 45.4 Å². The fourth-order valence-electron chi connectivity index (χ4n) is 3.25. The van der Waals surface area contributed by atoms with Crippen LogP contribution in [0, 0.1) is 0 Å². The van der Waals surface area contributed by atoms with Crippen molar-refractivity contribution in [2.75, 3.05) is 14.2 Å². The zero-order valence-electron chi connectivity index (χ0n) is 16.8. The number of nitrogens with one attached hydrogen (secondary N) is 1. The van der Waals surface area contributed by atoms with Crippen molar-refractivity contribution in [2.45, 2.75) is 6.18 Å². The van der Waals surface area contributed by atoms with Crippen molar-refractivity contribution in [1.82, 2.24) is 9.97 Å². The largest absolute Gasteiger partial charge is 0.497 e. The molecule has 0 atom stereocenters. The lowest BCUT2D eigenvalue weighted by Crippen LogP contribution is -2.04. The smallest absolute Gasteiger partial charge is 0.416 e. The number of ether oxygens (including phenoxy) is 2. The average Bonchev–Trinajstić information content (AvgIpc) is 3.24. The predicted octanol–water partition coefficient (Wildman–Crippen LogP) is 6.45. The Hall–Kier alpha value is -3.74. The van der Waals surface area contributed by atoms with E-state index in [1.165, 1.54) is 12.1 Å². The molecule has 0 aliphatic rings. The zero-order chi connectivity index (χ0) is 22.0. The molecule has 4 nitrogen and oxygen atoms in total. The highest BCUT2D eigenvalue weighted by Crippen LogP contribution is 2.35. The highest BCUT2D eigenvalue weighted by Gasteiger charge is 2.30. The van der Waals surface area contributed by atoms with Crippen LogP contribution in [0.3, 0.4) is 0 Å². The second-order valence-electron chi connectivity index (χ2n) is 6.84. The Labute approximate surface area is 177 Å². The number of aromatic nitrogens is 2. The standard InChI is InChI=1S/C24H19F3N2O2/c1-30-19-11-5-15(6-12-19)21-22(16-7-13-20(31-2)14-8-16)29-23(28-21)17-3-9-18(10-4-17)24(25,26)27/h3-14H,1-2H3,(H,28,29). The van der Waals surface area contributed by atoms with Gasteiger partial charge in [-0.15, -0.1) is 0 Å². The van der Waals surface area contributed by atoms with Crippen LogP contribution in [0.2, 0.25) is 0 Å². The summed E-state index contributed by atoms with van der Waals surface area (Å²) in [5, 5.41) is 0. The lowest BCUT2D eigenvalue weighted by molar-refractivity contribution is -0.137. The maximum Gasteiger partial charge on any atom is 0.416 e. The van der Waals surface area contributed by atoms with Crippen molar-refractivity contribution < 1.29 is 22.6 Å². The molecule has 0 aliphatic carbocycles. The molecule has 0 aliphatic heterocycles. The molecule has 0 saturated carbocycles. The van der Waals surface area contributed by atoms with Gasteiger partial charge in [-0.1, -0.05) is 12.1 Å². The van der Waals surface area contributed by atoms with Crippen LogP contribution < -0.4 is 9.47 Å². The van der Waals surface area contributed by atoms with Crippen LogP contribution in [0.25, 0.3) is 33.9 Å². The first-order valence-corrected chi connectivity index (χ1v) is 9.45. The van der Waals surface area contributed by atoms with Gasteiger partial charge in [0.2, 0.25) is 0 Å². The van der Waals surface area contributed by atoms with E-state index in [1.807, 2.05) is 48.5 Å². The molecule has 31 heavy (non-hydrogen) atoms. The molecule has 0 saturated heterocycles. The third kappa shape index (κ3) is 4.26. The fraction of sp³-hybridized carbons (Fsp3) is 0.125. The number of benzene rings is 3. The van der Waals surface area contributed by atoms with Gasteiger partial charge in [-0.05, 0) is 60.7 Å². The number of nitrogens with zero attached hydrogens (tertiary/aromatic N) is 1. The number of H-pyrrole nitrogens is 1. The van der Waals surface area contributed by atoms with Gasteiger partial charge in [-0.2, -0.15) is 13.2 Å². The van der Waals surface area contributed by atoms with Crippen molar-refractivity contribution in [1.29, 1.82) is 0 Å². The van der Waals surface area contributed by atoms with E-state index in [0.717, 1.165) is 34.7 Å². The van der Waals surface area contributed by atoms with E-state index < -0.39 is 11.7 Å². The van der Waals surface area contributed by atoms with Crippen LogP contribution in [0.1, 0.15) is 5.56 Å². The first-order chi connectivity index (χ1) is 14.9. The average molecular weight is 424 g/mol. The van der Waals surface area contributed by atoms with Gasteiger partial charge in [0.15, 0.2) is 0 Å². The van der Waals surface area contributed by atoms with Gasteiger partial charge in [-0.3, -0.25) is 0 Å². The second kappa shape index (κ2) is 8.18. The normalized spacial score (nSPS) is 11.4. The Morgan fingerprint density at radius 2 is 1.16 bits per heavy atom. The summed E-state index contributed by atoms with van der Waals surface area (Å²) in [5.41, 5.74) is 3.01. The van der Waals surface area contributed by atoms with Crippen LogP contribution in [-0.4, -0.2) is 24.2 Å². The SMILES string of the molecule is COc1ccc(-c2nc(-c3ccc(C(F)(F)F)cc3)[nH]c2-c2ccc(OC)cc2)cc1. The van der Waals surface area contributed by atoms with Gasteiger partial charge >= 0.3 is 6.18 Å². The van der Waals surface area contributed by atoms with Gasteiger partial charge in [0, 0.05) is 16.7 Å². The molecule has 0 unspecified atom stereocenters. The maximum absolute atomic E-state index is 12.9. The molecule has 0 spiro atoms. The Kier molecular flexibility index (Phi) is 5.42. The number of methoxy groups -OCH3 is 2. The Bertz CT molecular complexity index is 1100. The van der Waals surface area contributed by atoms with Crippen molar-refractivity contribution in [2.24, 2.45) is 0 Å². The summed E-state index contributed by atoms with van der Waals surface area (Å²) < 4.78 is 49.2. The minimum atomic E-state index is -4.38. The molecule has 7 heteroatoms. The highest BCUT2D eigenvalue weighted by atomic mass is 19.4. The number of halogens is 3. The monoisotopic (exact) mass is 424 g/mol. The molecule has 4 aromatic rings. The Balaban J connectivity index is 1.81. The lowest BCUT2D eigenvalue weighted by atomic mass is 10.0. The maximum atomic E-state index is 12.9. The quantitative estimate of drug-likeness (QED) is 0.401. The van der Waals surface area contributed by atoms with Crippen LogP contribution in [0.15, 0.2) is 72.8 Å². The van der Waals surface area contributed by atoms with Crippen molar-refractivity contribution in [3.63, 3.8) is 0 Å². The predicted molar refractivity (Wildman–Crippen MR) is 113 cm³/mol. The molecule has 0 radical (unpaired) electrons. The lowest BCUT2D eigenvalue weighted by Gasteiger charge is -2.06. The number of hydrogen-bond acceptors (Lipinski definition) is 3. The first kappa shape index (κ1) is 20.5. The molecular weight excluding hydrogens is 405 g/mol. The molecule has 0 bridgehead atoms. The van der Waals surface area contributed by atoms with E-state index in [4.69, 9.17) is 14.5 Å². The Morgan fingerprint density at radius 3 is 1.65 bits per heavy atom. The molecule has 1 aromatic heterocycles. The van der Waals surface area contributed by atoms with Crippen LogP contribution >= 0.6 is 0 Å². The Morgan fingerprint density at radius 1 is 0.677 bits per heavy atom. The molecular formula is C24H19F3N2O2. The third-order valence-electron chi connectivity index (χ3n) is 4.93. The van der Waals surface area contributed by atoms with Crippen LogP contribution in [0.5, 0.6) is 11.5 Å². The molecule has 1 heterocycles. The van der Waals surface area contributed by atoms with Crippen LogP contribution in [-0.2, 0) is 6.18 Å². The van der Waals surface area contributed by atoms with Gasteiger partial charge < -0.3 is 14.5 Å². The summed E-state index contributed by atoms with van der Waals surface area (Å²) in [6.45, 7) is 0. The molecule has 0 amide bonds. The highest BCUT2D eigenvalue weighted by molar-refractivity contribution is 5.81. The van der Waals surface area contributed by atoms with E-state index in [0.29, 0.717) is 22.8 Å². The summed E-state index contributed by atoms with van der Waals surface area (Å²) in [7, 11) is 3.19. The molecule has 158 valence electrons. The number of imidazole rings is 1. The van der Waals surface area contributed by atoms with Gasteiger partial charge in [-0.25, -0.2) is 4.98 Å². The fourth-order valence-corrected chi connectivity index (χ4v) is 3.25. The van der Waals surface area contributed by atoms with E-state index in [1.54, 1.807) is 14.2 Å². The van der Waals surface area contributed by atoms with Gasteiger partial charge in [0.1, 0.15) is 17.3 Å². The summed E-state index contributed by atoms with van der Waals surface area (Å²) >= 11 is 0. The number of hydrogen-bond donors (Lipinski definition) is 1. The van der Waals surface area contributed by atoms with Crippen LogP contribution in [0.4, 0.5) is 13.2 Å². The number of rotatable bonds is 5. The summed E-state index contributed by atoms with van der Waals surface area (Å²) in [6, 6.07) is 19.9. The summed E-state index contributed by atoms with van der Waals surface area (Å²) in [4.78, 5) is 7.98. The second-order valence-corrected chi connectivity index (χ2v) is 6.84. The molecule has 0 fully saturated rings. The topological polar surface area (TPSA) is 47.1 Å². The zero-order valence-corrected chi connectivity index (χ0v) is 16.8. The summed E-state index contributed by atoms with van der Waals surface area (Å²) in [5.74, 6) is 1.91. The third-order valence-corrected chi connectivity index (χ3v) is 4.93. The minimum absolute atomic E-state index is 0.477.